The Morgan fingerprint density at radius 2 is 1.76 bits per heavy atom. The molecular weight excluding hydrogens is 654 g/mol. The highest BCUT2D eigenvalue weighted by atomic mass is 32.2. The first-order chi connectivity index (χ1) is 21.9. The molecule has 1 unspecified atom stereocenters. The Hall–Kier alpha value is -3.09. The smallest absolute Gasteiger partial charge is 0.250 e. The normalized spacial score (nSPS) is 22.6. The molecule has 1 aromatic heterocycles. The van der Waals surface area contributed by atoms with Crippen LogP contribution in [-0.2, 0) is 14.6 Å². The van der Waals surface area contributed by atoms with Crippen molar-refractivity contribution in [1.82, 2.24) is 4.72 Å². The second kappa shape index (κ2) is 13.9. The second-order valence-electron chi connectivity index (χ2n) is 12.0. The van der Waals surface area contributed by atoms with Gasteiger partial charge in [0.1, 0.15) is 66.9 Å². The lowest BCUT2D eigenvalue weighted by Gasteiger charge is -2.55. The zero-order valence-electron chi connectivity index (χ0n) is 25.7. The molecule has 3 aromatic rings. The van der Waals surface area contributed by atoms with E-state index < -0.39 is 29.7 Å². The number of hydrogen-bond donors (Lipinski definition) is 2. The lowest BCUT2D eigenvalue weighted by molar-refractivity contribution is -1.08. The van der Waals surface area contributed by atoms with E-state index in [1.165, 1.54) is 56.6 Å². The van der Waals surface area contributed by atoms with E-state index in [2.05, 4.69) is 9.71 Å². The number of nitrogens with zero attached hydrogens (tertiary/aromatic N) is 4. The maximum absolute atomic E-state index is 13.8. The lowest BCUT2D eigenvalue weighted by atomic mass is 10.1. The van der Waals surface area contributed by atoms with Crippen LogP contribution in [0.5, 0.6) is 11.5 Å². The van der Waals surface area contributed by atoms with Gasteiger partial charge in [-0.3, -0.25) is 9.56 Å². The highest BCUT2D eigenvalue weighted by Gasteiger charge is 2.48. The third-order valence-corrected chi connectivity index (χ3v) is 13.6. The molecular formula is C30H39FN6O6PS2+. The molecule has 3 fully saturated rings. The number of halogens is 1. The van der Waals surface area contributed by atoms with Crippen LogP contribution in [0.2, 0.25) is 0 Å². The topological polar surface area (TPSA) is 167 Å². The summed E-state index contributed by atoms with van der Waals surface area (Å²) in [4.78, 5) is 16.6. The first-order valence-electron chi connectivity index (χ1n) is 15.1. The van der Waals surface area contributed by atoms with Gasteiger partial charge < -0.3 is 28.9 Å². The molecule has 2 bridgehead atoms. The molecule has 4 heterocycles. The Balaban J connectivity index is 1.13. The number of nitriles is 1. The second-order valence-corrected chi connectivity index (χ2v) is 16.8. The van der Waals surface area contributed by atoms with Crippen molar-refractivity contribution in [2.24, 2.45) is 10.7 Å². The van der Waals surface area contributed by atoms with Crippen molar-refractivity contribution in [2.75, 3.05) is 71.8 Å². The van der Waals surface area contributed by atoms with Crippen LogP contribution in [0, 0.1) is 24.1 Å². The average Bonchev–Trinajstić information content (AvgIpc) is 3.38. The molecule has 0 aliphatic carbocycles. The van der Waals surface area contributed by atoms with Gasteiger partial charge in [-0.1, -0.05) is 0 Å². The van der Waals surface area contributed by atoms with Crippen LogP contribution in [0.1, 0.15) is 24.0 Å². The van der Waals surface area contributed by atoms with Crippen LogP contribution in [-0.4, -0.2) is 95.5 Å². The number of nitrogens with one attached hydrogen (secondary N) is 1. The molecule has 3 N–H and O–H groups in total. The molecule has 0 amide bonds. The standard InChI is InChI=1S/C30H39FN6O6PS2/c1-23-27-18-25(42-17-3-10-37-14-11-36(12-15-37,13-16-37)9-2-8-34-21-33)6-7-29(27)45-30(23)46(40,41)35-22-44(38,39)43-26-5-4-24(20-32)28(31)19-26/h4-7,18-19,21,35H,2-3,8-17,22H2,1H3,(H2-,33,34,38,39)/q+1. The summed E-state index contributed by atoms with van der Waals surface area (Å²) in [5, 5.41) is 9.53. The molecule has 2 aromatic carbocycles. The molecule has 248 valence electrons. The summed E-state index contributed by atoms with van der Waals surface area (Å²) in [5.74, 6) is -0.669. The fourth-order valence-electron chi connectivity index (χ4n) is 6.37. The molecule has 0 spiro atoms. The number of piperazine rings is 3. The summed E-state index contributed by atoms with van der Waals surface area (Å²) in [6, 6.07) is 10.0. The van der Waals surface area contributed by atoms with Crippen LogP contribution >= 0.6 is 18.9 Å². The van der Waals surface area contributed by atoms with Gasteiger partial charge in [0, 0.05) is 35.5 Å². The monoisotopic (exact) mass is 693 g/mol. The number of aliphatic imine (C=N–C) groups is 1. The van der Waals surface area contributed by atoms with Crippen molar-refractivity contribution >= 4 is 45.4 Å². The molecule has 16 heteroatoms. The van der Waals surface area contributed by atoms with Gasteiger partial charge >= 0.3 is 0 Å². The van der Waals surface area contributed by atoms with Crippen LogP contribution in [0.15, 0.2) is 45.6 Å². The van der Waals surface area contributed by atoms with E-state index in [4.69, 9.17) is 20.3 Å². The van der Waals surface area contributed by atoms with E-state index in [-0.39, 0.29) is 15.5 Å². The maximum Gasteiger partial charge on any atom is 0.250 e. The largest absolute Gasteiger partial charge is 0.768 e. The fourth-order valence-corrected chi connectivity index (χ4v) is 10.6. The summed E-state index contributed by atoms with van der Waals surface area (Å²) < 4.78 is 68.6. The summed E-state index contributed by atoms with van der Waals surface area (Å²) in [5.41, 5.74) is 5.57. The van der Waals surface area contributed by atoms with Crippen LogP contribution in [0.25, 0.3) is 10.1 Å². The molecule has 3 aliphatic rings. The van der Waals surface area contributed by atoms with E-state index >= 15 is 0 Å². The Labute approximate surface area is 272 Å². The van der Waals surface area contributed by atoms with Crippen LogP contribution in [0.4, 0.5) is 4.39 Å². The Morgan fingerprint density at radius 3 is 2.39 bits per heavy atom. The zero-order chi connectivity index (χ0) is 33.0. The SMILES string of the molecule is Cc1c(S(=O)(=O)NCP(=O)([O-])Oc2ccc(C#N)c(F)c2)sc2ccc(OCCC[N+]34CC[N+](CCCN=CN)(CC3)CC4)cc12. The molecule has 3 saturated heterocycles. The summed E-state index contributed by atoms with van der Waals surface area (Å²) in [7, 11) is -9.01. The summed E-state index contributed by atoms with van der Waals surface area (Å²) in [6.45, 7) is 12.4. The van der Waals surface area contributed by atoms with Gasteiger partial charge in [0.2, 0.25) is 0 Å². The van der Waals surface area contributed by atoms with Crippen LogP contribution < -0.4 is 24.6 Å². The van der Waals surface area contributed by atoms with E-state index in [0.29, 0.717) is 23.3 Å². The van der Waals surface area contributed by atoms with Crippen molar-refractivity contribution in [3.63, 3.8) is 0 Å². The van der Waals surface area contributed by atoms with Gasteiger partial charge in [-0.25, -0.2) is 17.5 Å². The van der Waals surface area contributed by atoms with E-state index in [1.807, 2.05) is 12.1 Å². The molecule has 12 nitrogen and oxygen atoms in total. The number of quaternary nitrogens is 2. The van der Waals surface area contributed by atoms with E-state index in [1.54, 1.807) is 19.1 Å². The highest BCUT2D eigenvalue weighted by Crippen LogP contribution is 2.40. The van der Waals surface area contributed by atoms with Crippen molar-refractivity contribution < 1.29 is 40.5 Å². The number of nitrogens with two attached hydrogens (primary N) is 1. The maximum atomic E-state index is 13.8. The predicted octanol–water partition coefficient (Wildman–Crippen LogP) is 2.90. The molecule has 1 atom stereocenters. The van der Waals surface area contributed by atoms with Gasteiger partial charge in [0.15, 0.2) is 7.60 Å². The summed E-state index contributed by atoms with van der Waals surface area (Å²) in [6.07, 6.45) is 2.34. The molecule has 0 radical (unpaired) electrons. The Morgan fingerprint density at radius 1 is 1.11 bits per heavy atom. The van der Waals surface area contributed by atoms with Gasteiger partial charge in [0.25, 0.3) is 10.0 Å². The zero-order valence-corrected chi connectivity index (χ0v) is 28.2. The molecule has 0 saturated carbocycles. The Bertz CT molecular complexity index is 1790. The number of ether oxygens (including phenoxy) is 1. The molecule has 3 aliphatic heterocycles. The Kier molecular flexibility index (Phi) is 10.4. The quantitative estimate of drug-likeness (QED) is 0.0806. The minimum absolute atomic E-state index is 0.0170. The number of benzene rings is 2. The lowest BCUT2D eigenvalue weighted by Crippen LogP contribution is -2.75. The summed E-state index contributed by atoms with van der Waals surface area (Å²) >= 11 is 1.03. The predicted molar refractivity (Wildman–Crippen MR) is 173 cm³/mol. The van der Waals surface area contributed by atoms with Crippen molar-refractivity contribution in [2.45, 2.75) is 24.0 Å². The third-order valence-electron chi connectivity index (χ3n) is 9.08. The van der Waals surface area contributed by atoms with Gasteiger partial charge in [-0.15, -0.1) is 11.3 Å². The van der Waals surface area contributed by atoms with Gasteiger partial charge in [0.05, 0.1) is 37.9 Å². The first-order valence-corrected chi connectivity index (χ1v) is 19.2. The van der Waals surface area contributed by atoms with Crippen molar-refractivity contribution in [3.8, 4) is 17.6 Å². The number of thiophene rings is 1. The molecule has 6 rings (SSSR count). The minimum Gasteiger partial charge on any atom is -0.768 e. The van der Waals surface area contributed by atoms with Gasteiger partial charge in [-0.05, 0) is 42.8 Å². The van der Waals surface area contributed by atoms with Crippen molar-refractivity contribution in [1.29, 1.82) is 5.26 Å². The number of hydrogen-bond acceptors (Lipinski definition) is 9. The fraction of sp³-hybridized carbons (Fsp3) is 0.467. The van der Waals surface area contributed by atoms with E-state index in [9.17, 15) is 22.3 Å². The van der Waals surface area contributed by atoms with E-state index in [0.717, 1.165) is 64.6 Å². The number of fused-ring (bicyclic) bond motifs is 4. The third kappa shape index (κ3) is 7.88. The number of sulfonamides is 1. The van der Waals surface area contributed by atoms with Crippen molar-refractivity contribution in [3.05, 3.63) is 53.3 Å². The molecule has 46 heavy (non-hydrogen) atoms. The highest BCUT2D eigenvalue weighted by molar-refractivity contribution is 7.92. The number of rotatable bonds is 15. The minimum atomic E-state index is -4.79. The van der Waals surface area contributed by atoms with Gasteiger partial charge in [-0.2, -0.15) is 5.26 Å². The first kappa shape index (κ1) is 34.3. The van der Waals surface area contributed by atoms with Crippen LogP contribution in [0.3, 0.4) is 0 Å². The average molecular weight is 694 g/mol. The number of aryl methyl sites for hydroxylation is 1.